The molecule has 1 heterocycles. The fraction of sp³-hybridized carbons (Fsp3) is 0.480. The Hall–Kier alpha value is -2.11. The minimum absolute atomic E-state index is 0.0758. The first-order valence-corrected chi connectivity index (χ1v) is 12.5. The molecule has 0 aliphatic carbocycles. The van der Waals surface area contributed by atoms with Gasteiger partial charge in [-0.25, -0.2) is 4.90 Å². The molecule has 0 spiro atoms. The maximum Gasteiger partial charge on any atom is 0.416 e. The van der Waals surface area contributed by atoms with E-state index >= 15 is 0 Å². The van der Waals surface area contributed by atoms with Crippen molar-refractivity contribution in [2.24, 2.45) is 0 Å². The Balaban J connectivity index is 1.84. The van der Waals surface area contributed by atoms with Gasteiger partial charge in [-0.2, -0.15) is 13.2 Å². The molecule has 192 valence electrons. The summed E-state index contributed by atoms with van der Waals surface area (Å²) in [6, 6.07) is 11.3. The van der Waals surface area contributed by atoms with Crippen molar-refractivity contribution in [2.45, 2.75) is 54.7 Å². The summed E-state index contributed by atoms with van der Waals surface area (Å²) in [5.74, 6) is -0.432. The Labute approximate surface area is 206 Å². The van der Waals surface area contributed by atoms with Crippen molar-refractivity contribution < 1.29 is 38.0 Å². The van der Waals surface area contributed by atoms with Crippen molar-refractivity contribution in [1.82, 2.24) is 4.90 Å². The highest BCUT2D eigenvalue weighted by atomic mass is 32.2. The number of methoxy groups -OCH3 is 1. The third-order valence-corrected chi connectivity index (χ3v) is 7.32. The number of carbonyl (C=O) groups excluding carboxylic acids is 1. The molecule has 2 aromatic carbocycles. The monoisotopic (exact) mass is 513 g/mol. The number of ether oxygens (including phenoxy) is 1. The van der Waals surface area contributed by atoms with E-state index in [0.717, 1.165) is 35.9 Å². The van der Waals surface area contributed by atoms with Crippen molar-refractivity contribution in [3.63, 3.8) is 0 Å². The van der Waals surface area contributed by atoms with Crippen LogP contribution in [0.4, 0.5) is 13.2 Å². The first-order valence-electron chi connectivity index (χ1n) is 11.3. The minimum Gasteiger partial charge on any atom is -0.496 e. The summed E-state index contributed by atoms with van der Waals surface area (Å²) >= 11 is 1.05. The van der Waals surface area contributed by atoms with Gasteiger partial charge >= 0.3 is 12.3 Å². The van der Waals surface area contributed by atoms with Crippen LogP contribution in [-0.2, 0) is 11.6 Å². The number of piperidine rings is 1. The predicted molar refractivity (Wildman–Crippen MR) is 126 cm³/mol. The highest BCUT2D eigenvalue weighted by Gasteiger charge is 2.43. The number of rotatable bonds is 9. The van der Waals surface area contributed by atoms with E-state index in [0.29, 0.717) is 25.8 Å². The zero-order valence-corrected chi connectivity index (χ0v) is 20.5. The molecule has 0 radical (unpaired) electrons. The van der Waals surface area contributed by atoms with Crippen LogP contribution in [0.1, 0.15) is 53.6 Å². The van der Waals surface area contributed by atoms with E-state index in [2.05, 4.69) is 0 Å². The summed E-state index contributed by atoms with van der Waals surface area (Å²) in [7, 11) is 1.24. The van der Waals surface area contributed by atoms with Crippen LogP contribution in [0.25, 0.3) is 0 Å². The van der Waals surface area contributed by atoms with E-state index in [1.54, 1.807) is 6.26 Å². The Kier molecular flexibility index (Phi) is 8.54. The van der Waals surface area contributed by atoms with Crippen molar-refractivity contribution >= 4 is 17.5 Å². The number of hydrogen-bond acceptors (Lipinski definition) is 7. The molecule has 0 saturated carbocycles. The van der Waals surface area contributed by atoms with Crippen LogP contribution in [0.2, 0.25) is 0 Å². The second-order valence-corrected chi connectivity index (χ2v) is 9.65. The van der Waals surface area contributed by atoms with Gasteiger partial charge in [0, 0.05) is 29.8 Å². The standard InChI is InChI=1S/C25H30F3NO5S/c1-34-20-14-18(24(26,27)28)15-21(35-2)22(20)19(30)10-6-11-23(17-8-4-3-5-9-17)12-7-13-29(16-23)25(31,32)33/h3-5,8-9,14-15,31-33H,6-7,10-13,16H2,1-2H3. The number of ketones is 1. The fourth-order valence-corrected chi connectivity index (χ4v) is 5.49. The fourth-order valence-electron chi connectivity index (χ4n) is 4.83. The number of Topliss-reactive ketones (excluding diaryl/α,β-unsaturated/α-hetero) is 1. The van der Waals surface area contributed by atoms with E-state index < -0.39 is 23.3 Å². The lowest BCUT2D eigenvalue weighted by molar-refractivity contribution is -0.398. The van der Waals surface area contributed by atoms with Crippen LogP contribution in [0, 0.1) is 0 Å². The van der Waals surface area contributed by atoms with E-state index in [9.17, 15) is 33.3 Å². The van der Waals surface area contributed by atoms with Crippen LogP contribution >= 0.6 is 11.8 Å². The molecule has 6 nitrogen and oxygen atoms in total. The molecular formula is C25H30F3NO5S. The molecule has 1 unspecified atom stereocenters. The van der Waals surface area contributed by atoms with E-state index in [1.807, 2.05) is 30.3 Å². The molecule has 1 aliphatic rings. The second-order valence-electron chi connectivity index (χ2n) is 8.80. The summed E-state index contributed by atoms with van der Waals surface area (Å²) in [5, 5.41) is 29.3. The first-order chi connectivity index (χ1) is 16.4. The molecule has 0 bridgehead atoms. The normalized spacial score (nSPS) is 19.5. The van der Waals surface area contributed by atoms with Gasteiger partial charge in [0.25, 0.3) is 0 Å². The number of benzene rings is 2. The molecule has 0 amide bonds. The lowest BCUT2D eigenvalue weighted by Gasteiger charge is -2.45. The molecule has 3 rings (SSSR count). The smallest absolute Gasteiger partial charge is 0.416 e. The lowest BCUT2D eigenvalue weighted by atomic mass is 9.70. The molecule has 3 N–H and O–H groups in total. The van der Waals surface area contributed by atoms with Crippen LogP contribution < -0.4 is 4.74 Å². The zero-order valence-electron chi connectivity index (χ0n) is 19.6. The maximum atomic E-state index is 13.3. The van der Waals surface area contributed by atoms with E-state index in [4.69, 9.17) is 4.74 Å². The number of likely N-dealkylation sites (tertiary alicyclic amines) is 1. The molecule has 1 saturated heterocycles. The topological polar surface area (TPSA) is 90.2 Å². The van der Waals surface area contributed by atoms with Gasteiger partial charge in [0.15, 0.2) is 5.78 Å². The maximum absolute atomic E-state index is 13.3. The number of hydrogen-bond donors (Lipinski definition) is 3. The van der Waals surface area contributed by atoms with Gasteiger partial charge in [0.2, 0.25) is 0 Å². The summed E-state index contributed by atoms with van der Waals surface area (Å²) in [6.07, 6.45) is -3.58. The molecule has 1 aliphatic heterocycles. The number of halogens is 3. The molecule has 35 heavy (non-hydrogen) atoms. The number of nitrogens with zero attached hydrogens (tertiary/aromatic N) is 1. The molecule has 2 aromatic rings. The van der Waals surface area contributed by atoms with Crippen LogP contribution in [0.3, 0.4) is 0 Å². The Bertz CT molecular complexity index is 1000. The molecule has 10 heteroatoms. The van der Waals surface area contributed by atoms with Crippen molar-refractivity contribution in [3.8, 4) is 5.75 Å². The molecule has 1 atom stereocenters. The van der Waals surface area contributed by atoms with E-state index in [-0.39, 0.29) is 35.0 Å². The van der Waals surface area contributed by atoms with Gasteiger partial charge in [-0.15, -0.1) is 11.8 Å². The SMILES string of the molecule is COc1cc(C(F)(F)F)cc(SC)c1C(=O)CCCC1(c2ccccc2)CCCN(C(O)(O)O)C1. The van der Waals surface area contributed by atoms with Gasteiger partial charge in [-0.05, 0) is 49.6 Å². The van der Waals surface area contributed by atoms with Crippen molar-refractivity contribution in [2.75, 3.05) is 26.5 Å². The van der Waals surface area contributed by atoms with Crippen LogP contribution in [-0.4, -0.2) is 58.6 Å². The first kappa shape index (κ1) is 27.5. The third-order valence-electron chi connectivity index (χ3n) is 6.56. The van der Waals surface area contributed by atoms with Crippen molar-refractivity contribution in [1.29, 1.82) is 0 Å². The Morgan fingerprint density at radius 1 is 1.17 bits per heavy atom. The van der Waals surface area contributed by atoms with Crippen LogP contribution in [0.5, 0.6) is 5.75 Å². The predicted octanol–water partition coefficient (Wildman–Crippen LogP) is 4.41. The summed E-state index contributed by atoms with van der Waals surface area (Å²) in [6.45, 7) is 0.477. The lowest BCUT2D eigenvalue weighted by Crippen LogP contribution is -2.57. The van der Waals surface area contributed by atoms with E-state index in [1.165, 1.54) is 12.0 Å². The molecule has 0 aromatic heterocycles. The van der Waals surface area contributed by atoms with Gasteiger partial charge in [-0.3, -0.25) is 4.79 Å². The summed E-state index contributed by atoms with van der Waals surface area (Å²) in [4.78, 5) is 14.6. The zero-order chi connectivity index (χ0) is 25.9. The highest BCUT2D eigenvalue weighted by Crippen LogP contribution is 2.41. The highest BCUT2D eigenvalue weighted by molar-refractivity contribution is 7.98. The Morgan fingerprint density at radius 3 is 2.43 bits per heavy atom. The minimum atomic E-state index is -4.56. The largest absolute Gasteiger partial charge is 0.496 e. The number of alkyl halides is 3. The summed E-state index contributed by atoms with van der Waals surface area (Å²) in [5.41, 5.74) is -0.322. The third kappa shape index (κ3) is 6.37. The second kappa shape index (κ2) is 10.9. The number of aliphatic hydroxyl groups is 3. The van der Waals surface area contributed by atoms with Gasteiger partial charge in [0.05, 0.1) is 18.2 Å². The quantitative estimate of drug-likeness (QED) is 0.260. The molecule has 1 fully saturated rings. The van der Waals surface area contributed by atoms with Gasteiger partial charge in [0.1, 0.15) is 5.75 Å². The van der Waals surface area contributed by atoms with Gasteiger partial charge in [-0.1, -0.05) is 30.3 Å². The van der Waals surface area contributed by atoms with Crippen LogP contribution in [0.15, 0.2) is 47.4 Å². The summed E-state index contributed by atoms with van der Waals surface area (Å²) < 4.78 is 45.0. The molecular weight excluding hydrogens is 483 g/mol. The average molecular weight is 514 g/mol. The Morgan fingerprint density at radius 2 is 1.86 bits per heavy atom. The van der Waals surface area contributed by atoms with Crippen molar-refractivity contribution in [3.05, 3.63) is 59.2 Å². The number of carbonyl (C=O) groups is 1. The average Bonchev–Trinajstić information content (AvgIpc) is 2.82. The van der Waals surface area contributed by atoms with Gasteiger partial charge < -0.3 is 20.1 Å². The number of thioether (sulfide) groups is 1.